The van der Waals surface area contributed by atoms with Gasteiger partial charge in [-0.1, -0.05) is 63.8 Å². The fraction of sp³-hybridized carbons (Fsp3) is 0.778. The van der Waals surface area contributed by atoms with Gasteiger partial charge in [0, 0.05) is 0 Å². The summed E-state index contributed by atoms with van der Waals surface area (Å²) in [6, 6.07) is 0. The van der Waals surface area contributed by atoms with Crippen LogP contribution in [-0.2, 0) is 0 Å². The molecule has 0 saturated heterocycles. The summed E-state index contributed by atoms with van der Waals surface area (Å²) in [7, 11) is 0. The summed E-state index contributed by atoms with van der Waals surface area (Å²) in [5.74, 6) is 0. The molecule has 0 bridgehead atoms. The van der Waals surface area contributed by atoms with Gasteiger partial charge in [-0.15, -0.1) is 0 Å². The zero-order valence-corrected chi connectivity index (χ0v) is 13.1. The summed E-state index contributed by atoms with van der Waals surface area (Å²) < 4.78 is 0. The Hall–Kier alpha value is -0.560. The predicted octanol–water partition coefficient (Wildman–Crippen LogP) is 5.79. The van der Waals surface area contributed by atoms with E-state index in [1.807, 2.05) is 6.92 Å². The molecule has 0 spiro atoms. The van der Waals surface area contributed by atoms with E-state index in [2.05, 4.69) is 31.2 Å². The van der Waals surface area contributed by atoms with Crippen molar-refractivity contribution in [3.8, 4) is 0 Å². The Morgan fingerprint density at radius 1 is 0.789 bits per heavy atom. The van der Waals surface area contributed by atoms with Crippen LogP contribution in [0.3, 0.4) is 0 Å². The van der Waals surface area contributed by atoms with Crippen molar-refractivity contribution in [3.05, 3.63) is 24.3 Å². The van der Waals surface area contributed by atoms with E-state index in [9.17, 15) is 5.11 Å². The second-order valence-electron chi connectivity index (χ2n) is 5.37. The molecule has 0 fully saturated rings. The molecule has 0 heterocycles. The highest BCUT2D eigenvalue weighted by atomic mass is 16.3. The Kier molecular flexibility index (Phi) is 15.0. The molecule has 0 aromatic rings. The van der Waals surface area contributed by atoms with Crippen LogP contribution in [0.15, 0.2) is 24.3 Å². The van der Waals surface area contributed by atoms with E-state index in [1.165, 1.54) is 51.4 Å². The van der Waals surface area contributed by atoms with Crippen molar-refractivity contribution in [1.29, 1.82) is 0 Å². The van der Waals surface area contributed by atoms with Crippen LogP contribution in [0.25, 0.3) is 0 Å². The summed E-state index contributed by atoms with van der Waals surface area (Å²) in [5, 5.41) is 9.41. The van der Waals surface area contributed by atoms with Gasteiger partial charge < -0.3 is 5.11 Å². The van der Waals surface area contributed by atoms with Gasteiger partial charge in [0.2, 0.25) is 0 Å². The lowest BCUT2D eigenvalue weighted by Gasteiger charge is -2.05. The monoisotopic (exact) mass is 266 g/mol. The largest absolute Gasteiger partial charge is 0.393 e. The zero-order valence-electron chi connectivity index (χ0n) is 13.1. The van der Waals surface area contributed by atoms with Crippen molar-refractivity contribution in [2.24, 2.45) is 0 Å². The number of aliphatic hydroxyl groups is 1. The van der Waals surface area contributed by atoms with Crippen molar-refractivity contribution >= 4 is 0 Å². The normalized spacial score (nSPS) is 13.6. The van der Waals surface area contributed by atoms with Crippen molar-refractivity contribution in [1.82, 2.24) is 0 Å². The standard InChI is InChI=1S/C18H34O/c1-3-5-6-7-8-9-10-11-12-13-14-15-16-17-18(19)4-2/h8-9,11-12,18-19H,3-7,10,13-17H2,1-2H3/b9-8-,12-11-. The molecule has 0 saturated carbocycles. The van der Waals surface area contributed by atoms with Crippen LogP contribution in [-0.4, -0.2) is 11.2 Å². The fourth-order valence-corrected chi connectivity index (χ4v) is 2.04. The van der Waals surface area contributed by atoms with Crippen LogP contribution in [0.1, 0.15) is 84.5 Å². The molecule has 0 aliphatic rings. The van der Waals surface area contributed by atoms with Gasteiger partial charge in [0.15, 0.2) is 0 Å². The summed E-state index contributed by atoms with van der Waals surface area (Å²) in [5.41, 5.74) is 0. The number of hydrogen-bond donors (Lipinski definition) is 1. The van der Waals surface area contributed by atoms with E-state index >= 15 is 0 Å². The van der Waals surface area contributed by atoms with Crippen LogP contribution in [0, 0.1) is 0 Å². The van der Waals surface area contributed by atoms with Crippen LogP contribution in [0.2, 0.25) is 0 Å². The third kappa shape index (κ3) is 15.4. The zero-order chi connectivity index (χ0) is 14.2. The van der Waals surface area contributed by atoms with Crippen molar-refractivity contribution < 1.29 is 5.11 Å². The lowest BCUT2D eigenvalue weighted by atomic mass is 10.1. The van der Waals surface area contributed by atoms with Gasteiger partial charge >= 0.3 is 0 Å². The third-order valence-corrected chi connectivity index (χ3v) is 3.46. The molecule has 19 heavy (non-hydrogen) atoms. The van der Waals surface area contributed by atoms with E-state index < -0.39 is 0 Å². The minimum absolute atomic E-state index is 0.0756. The number of hydrogen-bond acceptors (Lipinski definition) is 1. The predicted molar refractivity (Wildman–Crippen MR) is 86.4 cm³/mol. The highest BCUT2D eigenvalue weighted by Crippen LogP contribution is 2.08. The fourth-order valence-electron chi connectivity index (χ4n) is 2.04. The maximum atomic E-state index is 9.41. The van der Waals surface area contributed by atoms with Crippen LogP contribution < -0.4 is 0 Å². The molecular formula is C18H34O. The molecule has 0 aliphatic heterocycles. The van der Waals surface area contributed by atoms with Gasteiger partial charge in [0.1, 0.15) is 0 Å². The average molecular weight is 266 g/mol. The van der Waals surface area contributed by atoms with Gasteiger partial charge in [-0.3, -0.25) is 0 Å². The van der Waals surface area contributed by atoms with Gasteiger partial charge in [0.25, 0.3) is 0 Å². The maximum Gasteiger partial charge on any atom is 0.0537 e. The molecule has 0 aromatic heterocycles. The lowest BCUT2D eigenvalue weighted by Crippen LogP contribution is -2.03. The van der Waals surface area contributed by atoms with Gasteiger partial charge in [0.05, 0.1) is 6.10 Å². The second-order valence-corrected chi connectivity index (χ2v) is 5.37. The molecule has 0 amide bonds. The SMILES string of the molecule is CCCCC/C=C\C/C=C\CCCCCC(O)CC. The Morgan fingerprint density at radius 2 is 1.42 bits per heavy atom. The topological polar surface area (TPSA) is 20.2 Å². The quantitative estimate of drug-likeness (QED) is 0.330. The van der Waals surface area contributed by atoms with Crippen molar-refractivity contribution in [2.75, 3.05) is 0 Å². The number of rotatable bonds is 13. The molecule has 1 nitrogen and oxygen atoms in total. The Morgan fingerprint density at radius 3 is 2.00 bits per heavy atom. The van der Waals surface area contributed by atoms with E-state index in [4.69, 9.17) is 0 Å². The number of unbranched alkanes of at least 4 members (excludes halogenated alkanes) is 6. The molecule has 0 rings (SSSR count). The van der Waals surface area contributed by atoms with Crippen molar-refractivity contribution in [2.45, 2.75) is 90.6 Å². The third-order valence-electron chi connectivity index (χ3n) is 3.46. The molecule has 1 atom stereocenters. The summed E-state index contributed by atoms with van der Waals surface area (Å²) in [6.07, 6.45) is 22.1. The average Bonchev–Trinajstić information content (AvgIpc) is 2.43. The first-order chi connectivity index (χ1) is 9.31. The van der Waals surface area contributed by atoms with Crippen LogP contribution in [0.5, 0.6) is 0 Å². The Balaban J connectivity index is 3.21. The number of allylic oxidation sites excluding steroid dienone is 4. The smallest absolute Gasteiger partial charge is 0.0537 e. The first-order valence-corrected chi connectivity index (χ1v) is 8.29. The highest BCUT2D eigenvalue weighted by Gasteiger charge is 1.98. The maximum absolute atomic E-state index is 9.41. The Labute approximate surface area is 120 Å². The van der Waals surface area contributed by atoms with Crippen LogP contribution in [0.4, 0.5) is 0 Å². The van der Waals surface area contributed by atoms with Gasteiger partial charge in [-0.25, -0.2) is 0 Å². The minimum atomic E-state index is -0.0756. The summed E-state index contributed by atoms with van der Waals surface area (Å²) >= 11 is 0. The minimum Gasteiger partial charge on any atom is -0.393 e. The van der Waals surface area contributed by atoms with E-state index in [0.29, 0.717) is 0 Å². The molecule has 0 radical (unpaired) electrons. The molecule has 0 aromatic carbocycles. The Bertz CT molecular complexity index is 218. The molecule has 1 N–H and O–H groups in total. The van der Waals surface area contributed by atoms with E-state index in [0.717, 1.165) is 19.3 Å². The van der Waals surface area contributed by atoms with Gasteiger partial charge in [-0.05, 0) is 44.9 Å². The highest BCUT2D eigenvalue weighted by molar-refractivity contribution is 4.92. The summed E-state index contributed by atoms with van der Waals surface area (Å²) in [4.78, 5) is 0. The first-order valence-electron chi connectivity index (χ1n) is 8.29. The van der Waals surface area contributed by atoms with E-state index in [1.54, 1.807) is 0 Å². The van der Waals surface area contributed by atoms with Crippen LogP contribution >= 0.6 is 0 Å². The van der Waals surface area contributed by atoms with Crippen molar-refractivity contribution in [3.63, 3.8) is 0 Å². The first kappa shape index (κ1) is 18.4. The number of aliphatic hydroxyl groups excluding tert-OH is 1. The molecule has 1 unspecified atom stereocenters. The summed E-state index contributed by atoms with van der Waals surface area (Å²) in [6.45, 7) is 4.29. The molecule has 1 heteroatoms. The molecular weight excluding hydrogens is 232 g/mol. The molecule has 0 aliphatic carbocycles. The second kappa shape index (κ2) is 15.5. The van der Waals surface area contributed by atoms with E-state index in [-0.39, 0.29) is 6.10 Å². The molecule has 112 valence electrons. The van der Waals surface area contributed by atoms with Gasteiger partial charge in [-0.2, -0.15) is 0 Å². The lowest BCUT2D eigenvalue weighted by molar-refractivity contribution is 0.156.